The number of fused-ring (bicyclic) bond motifs is 1. The summed E-state index contributed by atoms with van der Waals surface area (Å²) in [5.41, 5.74) is 7.21. The molecule has 5 nitrogen and oxygen atoms in total. The molecule has 1 aromatic carbocycles. The number of amides is 1. The number of nitrogens with two attached hydrogens (primary N) is 1. The number of hydrogen-bond donors (Lipinski definition) is 2. The van der Waals surface area contributed by atoms with Gasteiger partial charge in [0.1, 0.15) is 6.10 Å². The number of nitrogens with one attached hydrogen (secondary N) is 1. The van der Waals surface area contributed by atoms with Crippen LogP contribution in [0.1, 0.15) is 13.8 Å². The minimum Gasteiger partial charge on any atom is -0.399 e. The number of carbonyl (C=O) groups is 1. The molecule has 96 valence electrons. The van der Waals surface area contributed by atoms with E-state index >= 15 is 0 Å². The molecule has 0 aliphatic rings. The first kappa shape index (κ1) is 12.8. The topological polar surface area (TPSA) is 77.2 Å². The van der Waals surface area contributed by atoms with Gasteiger partial charge < -0.3 is 10.5 Å². The number of nitrogens with zero attached hydrogens (tertiary/aromatic N) is 1. The van der Waals surface area contributed by atoms with Crippen LogP contribution in [0.2, 0.25) is 0 Å². The van der Waals surface area contributed by atoms with E-state index in [-0.39, 0.29) is 5.91 Å². The first-order chi connectivity index (χ1) is 8.60. The number of anilines is 2. The van der Waals surface area contributed by atoms with E-state index in [1.807, 2.05) is 19.1 Å². The zero-order valence-corrected chi connectivity index (χ0v) is 11.1. The van der Waals surface area contributed by atoms with Gasteiger partial charge in [-0.1, -0.05) is 11.3 Å². The number of rotatable bonds is 4. The molecule has 6 heteroatoms. The van der Waals surface area contributed by atoms with Crippen LogP contribution in [-0.2, 0) is 9.53 Å². The quantitative estimate of drug-likeness (QED) is 0.831. The molecule has 2 aromatic rings. The molecule has 0 bridgehead atoms. The van der Waals surface area contributed by atoms with E-state index in [0.717, 1.165) is 10.2 Å². The highest BCUT2D eigenvalue weighted by molar-refractivity contribution is 7.22. The maximum Gasteiger partial charge on any atom is 0.254 e. The molecule has 0 saturated carbocycles. The molecule has 0 spiro atoms. The fourth-order valence-electron chi connectivity index (χ4n) is 1.53. The smallest absolute Gasteiger partial charge is 0.254 e. The number of nitrogen functional groups attached to an aromatic ring is 1. The molecule has 0 saturated heterocycles. The Balaban J connectivity index is 2.14. The van der Waals surface area contributed by atoms with Gasteiger partial charge >= 0.3 is 0 Å². The van der Waals surface area contributed by atoms with Crippen molar-refractivity contribution in [2.24, 2.45) is 0 Å². The normalized spacial score (nSPS) is 12.6. The number of thiazole rings is 1. The Morgan fingerprint density at radius 3 is 3.11 bits per heavy atom. The van der Waals surface area contributed by atoms with E-state index in [1.165, 1.54) is 11.3 Å². The van der Waals surface area contributed by atoms with Crippen LogP contribution in [0.15, 0.2) is 18.2 Å². The van der Waals surface area contributed by atoms with Crippen LogP contribution in [0.25, 0.3) is 10.2 Å². The predicted octanol–water partition coefficient (Wildman–Crippen LogP) is 2.24. The second kappa shape index (κ2) is 5.32. The summed E-state index contributed by atoms with van der Waals surface area (Å²) in [6, 6.07) is 5.47. The Morgan fingerprint density at radius 1 is 1.61 bits per heavy atom. The minimum absolute atomic E-state index is 0.191. The molecule has 18 heavy (non-hydrogen) atoms. The third-order valence-electron chi connectivity index (χ3n) is 2.43. The molecule has 1 unspecified atom stereocenters. The highest BCUT2D eigenvalue weighted by atomic mass is 32.1. The molecule has 0 fully saturated rings. The van der Waals surface area contributed by atoms with Crippen LogP contribution in [0.4, 0.5) is 10.8 Å². The predicted molar refractivity (Wildman–Crippen MR) is 73.8 cm³/mol. The molecule has 0 radical (unpaired) electrons. The molecule has 1 heterocycles. The Labute approximate surface area is 109 Å². The number of hydrogen-bond acceptors (Lipinski definition) is 5. The van der Waals surface area contributed by atoms with Gasteiger partial charge in [0.15, 0.2) is 5.13 Å². The van der Waals surface area contributed by atoms with E-state index in [2.05, 4.69) is 10.3 Å². The fourth-order valence-corrected chi connectivity index (χ4v) is 2.44. The summed E-state index contributed by atoms with van der Waals surface area (Å²) in [4.78, 5) is 16.1. The molecular weight excluding hydrogens is 250 g/mol. The Morgan fingerprint density at radius 2 is 2.39 bits per heavy atom. The largest absolute Gasteiger partial charge is 0.399 e. The SMILES string of the molecule is CCOC(C)C(=O)Nc1nc2ccc(N)cc2s1. The van der Waals surface area contributed by atoms with Crippen molar-refractivity contribution in [2.45, 2.75) is 20.0 Å². The van der Waals surface area contributed by atoms with Crippen molar-refractivity contribution in [3.8, 4) is 0 Å². The molecule has 1 aromatic heterocycles. The third-order valence-corrected chi connectivity index (χ3v) is 3.36. The monoisotopic (exact) mass is 265 g/mol. The molecule has 1 atom stereocenters. The lowest BCUT2D eigenvalue weighted by Gasteiger charge is -2.09. The number of benzene rings is 1. The van der Waals surface area contributed by atoms with E-state index < -0.39 is 6.10 Å². The minimum atomic E-state index is -0.480. The second-order valence-corrected chi connectivity index (χ2v) is 4.86. The summed E-state index contributed by atoms with van der Waals surface area (Å²) in [6.07, 6.45) is -0.480. The van der Waals surface area contributed by atoms with E-state index in [1.54, 1.807) is 13.0 Å². The Bertz CT molecular complexity index is 567. The van der Waals surface area contributed by atoms with Crippen molar-refractivity contribution in [3.05, 3.63) is 18.2 Å². The van der Waals surface area contributed by atoms with Gasteiger partial charge in [-0.05, 0) is 32.0 Å². The van der Waals surface area contributed by atoms with E-state index in [9.17, 15) is 4.79 Å². The van der Waals surface area contributed by atoms with Crippen molar-refractivity contribution < 1.29 is 9.53 Å². The number of aromatic nitrogens is 1. The summed E-state index contributed by atoms with van der Waals surface area (Å²) in [5.74, 6) is -0.191. The van der Waals surface area contributed by atoms with Gasteiger partial charge in [0.25, 0.3) is 5.91 Å². The van der Waals surface area contributed by atoms with Gasteiger partial charge in [0.2, 0.25) is 0 Å². The fraction of sp³-hybridized carbons (Fsp3) is 0.333. The lowest BCUT2D eigenvalue weighted by molar-refractivity contribution is -0.126. The van der Waals surface area contributed by atoms with Crippen molar-refractivity contribution >= 4 is 38.3 Å². The highest BCUT2D eigenvalue weighted by Gasteiger charge is 2.14. The van der Waals surface area contributed by atoms with Crippen LogP contribution in [-0.4, -0.2) is 23.6 Å². The van der Waals surface area contributed by atoms with Gasteiger partial charge in [-0.15, -0.1) is 0 Å². The first-order valence-electron chi connectivity index (χ1n) is 5.68. The molecule has 0 aliphatic carbocycles. The van der Waals surface area contributed by atoms with Crippen LogP contribution in [0.5, 0.6) is 0 Å². The van der Waals surface area contributed by atoms with Crippen molar-refractivity contribution in [2.75, 3.05) is 17.7 Å². The first-order valence-corrected chi connectivity index (χ1v) is 6.50. The molecule has 1 amide bonds. The lowest BCUT2D eigenvalue weighted by Crippen LogP contribution is -2.27. The van der Waals surface area contributed by atoms with Crippen LogP contribution < -0.4 is 11.1 Å². The molecule has 3 N–H and O–H groups in total. The average Bonchev–Trinajstić information content (AvgIpc) is 2.70. The standard InChI is InChI=1S/C12H15N3O2S/c1-3-17-7(2)11(16)15-12-14-9-5-4-8(13)6-10(9)18-12/h4-7H,3,13H2,1-2H3,(H,14,15,16). The highest BCUT2D eigenvalue weighted by Crippen LogP contribution is 2.27. The van der Waals surface area contributed by atoms with Gasteiger partial charge in [-0.3, -0.25) is 10.1 Å². The Hall–Kier alpha value is -1.66. The van der Waals surface area contributed by atoms with Gasteiger partial charge in [0, 0.05) is 12.3 Å². The molecular formula is C12H15N3O2S. The summed E-state index contributed by atoms with van der Waals surface area (Å²) in [5, 5.41) is 3.30. The van der Waals surface area contributed by atoms with Crippen LogP contribution >= 0.6 is 11.3 Å². The van der Waals surface area contributed by atoms with Crippen molar-refractivity contribution in [1.82, 2.24) is 4.98 Å². The van der Waals surface area contributed by atoms with Gasteiger partial charge in [0.05, 0.1) is 10.2 Å². The maximum absolute atomic E-state index is 11.8. The van der Waals surface area contributed by atoms with Gasteiger partial charge in [-0.25, -0.2) is 4.98 Å². The maximum atomic E-state index is 11.8. The summed E-state index contributed by atoms with van der Waals surface area (Å²) in [7, 11) is 0. The lowest BCUT2D eigenvalue weighted by atomic mass is 10.3. The van der Waals surface area contributed by atoms with Crippen LogP contribution in [0, 0.1) is 0 Å². The summed E-state index contributed by atoms with van der Waals surface area (Å²) in [6.45, 7) is 4.07. The number of ether oxygens (including phenoxy) is 1. The zero-order valence-electron chi connectivity index (χ0n) is 10.3. The van der Waals surface area contributed by atoms with E-state index in [0.29, 0.717) is 17.4 Å². The zero-order chi connectivity index (χ0) is 13.1. The Kier molecular flexibility index (Phi) is 3.78. The second-order valence-electron chi connectivity index (χ2n) is 3.83. The summed E-state index contributed by atoms with van der Waals surface area (Å²) < 4.78 is 6.17. The van der Waals surface area contributed by atoms with E-state index in [4.69, 9.17) is 10.5 Å². The number of carbonyl (C=O) groups excluding carboxylic acids is 1. The molecule has 2 rings (SSSR count). The van der Waals surface area contributed by atoms with Crippen molar-refractivity contribution in [1.29, 1.82) is 0 Å². The third kappa shape index (κ3) is 2.77. The average molecular weight is 265 g/mol. The van der Waals surface area contributed by atoms with Gasteiger partial charge in [-0.2, -0.15) is 0 Å². The van der Waals surface area contributed by atoms with Crippen molar-refractivity contribution in [3.63, 3.8) is 0 Å². The molecule has 0 aliphatic heterocycles. The summed E-state index contributed by atoms with van der Waals surface area (Å²) >= 11 is 1.40. The van der Waals surface area contributed by atoms with Crippen LogP contribution in [0.3, 0.4) is 0 Å².